The molecule has 0 spiro atoms. The Hall–Kier alpha value is -1.60. The van der Waals surface area contributed by atoms with E-state index in [1.807, 2.05) is 30.3 Å². The van der Waals surface area contributed by atoms with Gasteiger partial charge in [-0.3, -0.25) is 4.79 Å². The Morgan fingerprint density at radius 3 is 2.70 bits per heavy atom. The highest BCUT2D eigenvalue weighted by Gasteiger charge is 2.34. The highest BCUT2D eigenvalue weighted by atomic mass is 32.2. The van der Waals surface area contributed by atoms with E-state index in [9.17, 15) is 13.2 Å². The second kappa shape index (κ2) is 7.79. The van der Waals surface area contributed by atoms with E-state index in [0.717, 1.165) is 12.2 Å². The van der Waals surface area contributed by atoms with E-state index >= 15 is 0 Å². The lowest BCUT2D eigenvalue weighted by Gasteiger charge is -2.33. The van der Waals surface area contributed by atoms with Gasteiger partial charge in [0.1, 0.15) is 12.4 Å². The number of amides is 1. The lowest BCUT2D eigenvalue weighted by molar-refractivity contribution is -0.129. The summed E-state index contributed by atoms with van der Waals surface area (Å²) in [6.07, 6.45) is 1.31. The Morgan fingerprint density at radius 1 is 1.35 bits per heavy atom. The number of rotatable bonds is 6. The Bertz CT molecular complexity index is 618. The molecular formula is C16H24N2O4S. The van der Waals surface area contributed by atoms with E-state index in [1.54, 1.807) is 11.9 Å². The zero-order chi connectivity index (χ0) is 16.9. The number of piperidine rings is 1. The maximum Gasteiger partial charge on any atom is 0.219 e. The summed E-state index contributed by atoms with van der Waals surface area (Å²) in [5.41, 5.74) is 0. The smallest absolute Gasteiger partial charge is 0.219 e. The Kier molecular flexibility index (Phi) is 6.01. The molecule has 1 aliphatic rings. The average molecular weight is 340 g/mol. The van der Waals surface area contributed by atoms with Crippen LogP contribution in [0.15, 0.2) is 30.3 Å². The molecule has 1 heterocycles. The molecule has 0 bridgehead atoms. The van der Waals surface area contributed by atoms with Crippen molar-refractivity contribution in [1.82, 2.24) is 9.21 Å². The first-order valence-corrected chi connectivity index (χ1v) is 9.30. The van der Waals surface area contributed by atoms with Crippen molar-refractivity contribution in [2.45, 2.75) is 25.0 Å². The molecule has 1 atom stereocenters. The van der Waals surface area contributed by atoms with Gasteiger partial charge in [-0.05, 0) is 25.0 Å². The average Bonchev–Trinajstić information content (AvgIpc) is 2.55. The van der Waals surface area contributed by atoms with E-state index in [-0.39, 0.29) is 19.0 Å². The number of carbonyl (C=O) groups is 1. The van der Waals surface area contributed by atoms with Crippen LogP contribution in [-0.2, 0) is 14.8 Å². The van der Waals surface area contributed by atoms with E-state index < -0.39 is 15.3 Å². The molecular weight excluding hydrogens is 316 g/mol. The van der Waals surface area contributed by atoms with Crippen molar-refractivity contribution in [1.29, 1.82) is 0 Å². The van der Waals surface area contributed by atoms with Crippen LogP contribution in [0, 0.1) is 0 Å². The molecule has 128 valence electrons. The predicted octanol–water partition coefficient (Wildman–Crippen LogP) is 1.34. The summed E-state index contributed by atoms with van der Waals surface area (Å²) < 4.78 is 32.1. The maximum absolute atomic E-state index is 12.6. The Balaban J connectivity index is 1.89. The monoisotopic (exact) mass is 340 g/mol. The van der Waals surface area contributed by atoms with Gasteiger partial charge in [-0.25, -0.2) is 12.7 Å². The fourth-order valence-electron chi connectivity index (χ4n) is 2.66. The van der Waals surface area contributed by atoms with Gasteiger partial charge in [0.2, 0.25) is 15.9 Å². The zero-order valence-corrected chi connectivity index (χ0v) is 14.5. The molecule has 23 heavy (non-hydrogen) atoms. The van der Waals surface area contributed by atoms with Crippen molar-refractivity contribution in [3.05, 3.63) is 30.3 Å². The molecule has 0 N–H and O–H groups in total. The first kappa shape index (κ1) is 17.7. The topological polar surface area (TPSA) is 66.9 Å². The summed E-state index contributed by atoms with van der Waals surface area (Å²) in [6, 6.07) is 9.30. The minimum Gasteiger partial charge on any atom is -0.492 e. The van der Waals surface area contributed by atoms with Crippen molar-refractivity contribution in [3.8, 4) is 5.75 Å². The van der Waals surface area contributed by atoms with E-state index in [4.69, 9.17) is 4.74 Å². The zero-order valence-electron chi connectivity index (χ0n) is 13.6. The molecule has 1 aromatic rings. The van der Waals surface area contributed by atoms with Gasteiger partial charge in [-0.2, -0.15) is 0 Å². The van der Waals surface area contributed by atoms with E-state index in [1.165, 1.54) is 11.2 Å². The number of para-hydroxylation sites is 1. The van der Waals surface area contributed by atoms with Gasteiger partial charge in [0.25, 0.3) is 0 Å². The van der Waals surface area contributed by atoms with Crippen molar-refractivity contribution >= 4 is 15.9 Å². The van der Waals surface area contributed by atoms with Gasteiger partial charge in [0, 0.05) is 33.6 Å². The highest BCUT2D eigenvalue weighted by Crippen LogP contribution is 2.20. The number of nitrogens with zero attached hydrogens (tertiary/aromatic N) is 2. The maximum atomic E-state index is 12.6. The number of likely N-dealkylation sites (N-methyl/N-ethyl adjacent to an activating group) is 1. The molecule has 1 aliphatic heterocycles. The molecule has 0 saturated carbocycles. The summed E-state index contributed by atoms with van der Waals surface area (Å²) in [5, 5.41) is -0.526. The largest absolute Gasteiger partial charge is 0.492 e. The fraction of sp³-hybridized carbons (Fsp3) is 0.562. The van der Waals surface area contributed by atoms with Gasteiger partial charge >= 0.3 is 0 Å². The van der Waals surface area contributed by atoms with Crippen LogP contribution in [0.2, 0.25) is 0 Å². The Labute approximate surface area is 138 Å². The van der Waals surface area contributed by atoms with Crippen LogP contribution in [0.5, 0.6) is 5.75 Å². The summed E-state index contributed by atoms with van der Waals surface area (Å²) >= 11 is 0. The first-order valence-electron chi connectivity index (χ1n) is 7.80. The van der Waals surface area contributed by atoms with Crippen LogP contribution in [-0.4, -0.2) is 62.1 Å². The molecule has 0 aliphatic carbocycles. The van der Waals surface area contributed by atoms with E-state index in [0.29, 0.717) is 19.6 Å². The minimum atomic E-state index is -3.42. The molecule has 1 aromatic carbocycles. The number of carbonyl (C=O) groups excluding carboxylic acids is 1. The molecule has 7 heteroatoms. The second-order valence-electron chi connectivity index (χ2n) is 5.76. The number of ether oxygens (including phenoxy) is 1. The third-order valence-corrected chi connectivity index (χ3v) is 6.38. The fourth-order valence-corrected chi connectivity index (χ4v) is 4.33. The van der Waals surface area contributed by atoms with Gasteiger partial charge in [0.15, 0.2) is 0 Å². The van der Waals surface area contributed by atoms with Gasteiger partial charge in [0.05, 0.1) is 5.25 Å². The minimum absolute atomic E-state index is 0.0695. The number of hydrogen-bond donors (Lipinski definition) is 0. The molecule has 0 radical (unpaired) electrons. The molecule has 1 saturated heterocycles. The first-order chi connectivity index (χ1) is 10.9. The van der Waals surface area contributed by atoms with Crippen molar-refractivity contribution in [2.75, 3.05) is 33.3 Å². The summed E-state index contributed by atoms with van der Waals surface area (Å²) in [4.78, 5) is 13.1. The van der Waals surface area contributed by atoms with Gasteiger partial charge in [-0.1, -0.05) is 18.2 Å². The predicted molar refractivity (Wildman–Crippen MR) is 88.8 cm³/mol. The summed E-state index contributed by atoms with van der Waals surface area (Å²) in [6.45, 7) is 2.98. The normalized spacial score (nSPS) is 18.9. The molecule has 1 amide bonds. The number of benzene rings is 1. The standard InChI is InChI=1S/C16H24N2O4S/c1-14(19)18-10-6-9-16(13-18)23(20,21)17(2)11-12-22-15-7-4-3-5-8-15/h3-5,7-8,16H,6,9-13H2,1-2H3. The number of sulfonamides is 1. The lowest BCUT2D eigenvalue weighted by atomic mass is 10.1. The molecule has 6 nitrogen and oxygen atoms in total. The molecule has 1 fully saturated rings. The number of likely N-dealkylation sites (tertiary alicyclic amines) is 1. The van der Waals surface area contributed by atoms with Crippen LogP contribution in [0.25, 0.3) is 0 Å². The number of hydrogen-bond acceptors (Lipinski definition) is 4. The van der Waals surface area contributed by atoms with Crippen molar-refractivity contribution in [2.24, 2.45) is 0 Å². The summed E-state index contributed by atoms with van der Waals surface area (Å²) in [5.74, 6) is 0.652. The molecule has 1 unspecified atom stereocenters. The van der Waals surface area contributed by atoms with Crippen LogP contribution >= 0.6 is 0 Å². The lowest BCUT2D eigenvalue weighted by Crippen LogP contribution is -2.48. The molecule has 2 rings (SSSR count). The van der Waals surface area contributed by atoms with Crippen LogP contribution in [0.3, 0.4) is 0 Å². The quantitative estimate of drug-likeness (QED) is 0.784. The van der Waals surface area contributed by atoms with Crippen LogP contribution in [0.1, 0.15) is 19.8 Å². The SMILES string of the molecule is CC(=O)N1CCCC(S(=O)(=O)N(C)CCOc2ccccc2)C1. The van der Waals surface area contributed by atoms with Gasteiger partial charge in [-0.15, -0.1) is 0 Å². The van der Waals surface area contributed by atoms with Crippen molar-refractivity contribution in [3.63, 3.8) is 0 Å². The van der Waals surface area contributed by atoms with Crippen molar-refractivity contribution < 1.29 is 17.9 Å². The second-order valence-corrected chi connectivity index (χ2v) is 8.08. The third-order valence-electron chi connectivity index (χ3n) is 4.10. The van der Waals surface area contributed by atoms with E-state index in [2.05, 4.69) is 0 Å². The van der Waals surface area contributed by atoms with Crippen LogP contribution < -0.4 is 4.74 Å². The Morgan fingerprint density at radius 2 is 2.04 bits per heavy atom. The van der Waals surface area contributed by atoms with Crippen LogP contribution in [0.4, 0.5) is 0 Å². The highest BCUT2D eigenvalue weighted by molar-refractivity contribution is 7.89. The summed E-state index contributed by atoms with van der Waals surface area (Å²) in [7, 11) is -1.86. The third kappa shape index (κ3) is 4.68. The molecule has 0 aromatic heterocycles. The van der Waals surface area contributed by atoms with Gasteiger partial charge < -0.3 is 9.64 Å².